The number of carbonyl (C=O) groups is 1. The monoisotopic (exact) mass is 249 g/mol. The lowest BCUT2D eigenvalue weighted by Gasteiger charge is -2.03. The zero-order chi connectivity index (χ0) is 12.3. The van der Waals surface area contributed by atoms with Crippen molar-refractivity contribution in [2.75, 3.05) is 0 Å². The van der Waals surface area contributed by atoms with Crippen LogP contribution in [-0.2, 0) is 6.54 Å². The predicted octanol–water partition coefficient (Wildman–Crippen LogP) is 2.87. The van der Waals surface area contributed by atoms with Gasteiger partial charge in [-0.1, -0.05) is 13.8 Å². The summed E-state index contributed by atoms with van der Waals surface area (Å²) in [6, 6.07) is 0. The van der Waals surface area contributed by atoms with Crippen LogP contribution >= 0.6 is 11.3 Å². The molecular weight excluding hydrogens is 234 g/mol. The SMILES string of the molecule is CC(C)CCn1cc(C=O)c(-c2nccs2)n1. The summed E-state index contributed by atoms with van der Waals surface area (Å²) in [5.74, 6) is 0.627. The first-order valence-electron chi connectivity index (χ1n) is 5.63. The van der Waals surface area contributed by atoms with Gasteiger partial charge in [0.05, 0.1) is 5.56 Å². The minimum Gasteiger partial charge on any atom is -0.298 e. The number of aryl methyl sites for hydroxylation is 1. The second-order valence-electron chi connectivity index (χ2n) is 4.33. The second kappa shape index (κ2) is 5.23. The van der Waals surface area contributed by atoms with Crippen LogP contribution in [0.2, 0.25) is 0 Å². The Morgan fingerprint density at radius 2 is 2.35 bits per heavy atom. The van der Waals surface area contributed by atoms with Crippen LogP contribution in [0.15, 0.2) is 17.8 Å². The van der Waals surface area contributed by atoms with Gasteiger partial charge in [0.2, 0.25) is 0 Å². The number of aromatic nitrogens is 3. The number of nitrogens with zero attached hydrogens (tertiary/aromatic N) is 3. The fourth-order valence-electron chi connectivity index (χ4n) is 1.53. The van der Waals surface area contributed by atoms with Gasteiger partial charge in [0.15, 0.2) is 6.29 Å². The minimum absolute atomic E-state index is 0.615. The average molecular weight is 249 g/mol. The van der Waals surface area contributed by atoms with Crippen molar-refractivity contribution in [1.29, 1.82) is 0 Å². The van der Waals surface area contributed by atoms with Crippen LogP contribution in [-0.4, -0.2) is 21.1 Å². The molecular formula is C12H15N3OS. The number of aldehydes is 1. The molecule has 2 aromatic heterocycles. The second-order valence-corrected chi connectivity index (χ2v) is 5.23. The van der Waals surface area contributed by atoms with Crippen LogP contribution in [0.25, 0.3) is 10.7 Å². The average Bonchev–Trinajstić information content (AvgIpc) is 2.94. The molecule has 0 aromatic carbocycles. The van der Waals surface area contributed by atoms with Crippen molar-refractivity contribution in [1.82, 2.24) is 14.8 Å². The van der Waals surface area contributed by atoms with E-state index in [1.165, 1.54) is 11.3 Å². The Kier molecular flexibility index (Phi) is 3.68. The van der Waals surface area contributed by atoms with Gasteiger partial charge in [-0.05, 0) is 12.3 Å². The van der Waals surface area contributed by atoms with E-state index in [9.17, 15) is 4.79 Å². The maximum atomic E-state index is 11.0. The first kappa shape index (κ1) is 12.0. The Labute approximate surface area is 104 Å². The van der Waals surface area contributed by atoms with Crippen molar-refractivity contribution in [3.8, 4) is 10.7 Å². The van der Waals surface area contributed by atoms with Gasteiger partial charge >= 0.3 is 0 Å². The van der Waals surface area contributed by atoms with Crippen molar-refractivity contribution in [2.45, 2.75) is 26.8 Å². The summed E-state index contributed by atoms with van der Waals surface area (Å²) >= 11 is 1.50. The first-order valence-corrected chi connectivity index (χ1v) is 6.51. The third-order valence-corrected chi connectivity index (χ3v) is 3.27. The number of hydrogen-bond acceptors (Lipinski definition) is 4. The smallest absolute Gasteiger partial charge is 0.153 e. The Bertz CT molecular complexity index is 488. The van der Waals surface area contributed by atoms with E-state index in [0.29, 0.717) is 17.2 Å². The molecule has 0 bridgehead atoms. The zero-order valence-electron chi connectivity index (χ0n) is 9.96. The van der Waals surface area contributed by atoms with Crippen LogP contribution in [0.1, 0.15) is 30.6 Å². The van der Waals surface area contributed by atoms with E-state index >= 15 is 0 Å². The molecule has 90 valence electrons. The minimum atomic E-state index is 0.615. The molecule has 2 aromatic rings. The van der Waals surface area contributed by atoms with E-state index in [1.54, 1.807) is 12.4 Å². The van der Waals surface area contributed by atoms with Gasteiger partial charge in [-0.2, -0.15) is 5.10 Å². The molecule has 0 radical (unpaired) electrons. The van der Waals surface area contributed by atoms with Gasteiger partial charge in [0, 0.05) is 24.3 Å². The standard InChI is InChI=1S/C12H15N3OS/c1-9(2)3-5-15-7-10(8-16)11(14-15)12-13-4-6-17-12/h4,6-9H,3,5H2,1-2H3. The molecule has 0 aliphatic heterocycles. The van der Waals surface area contributed by atoms with Gasteiger partial charge in [0.25, 0.3) is 0 Å². The summed E-state index contributed by atoms with van der Waals surface area (Å²) in [7, 11) is 0. The maximum absolute atomic E-state index is 11.0. The molecule has 0 unspecified atom stereocenters. The highest BCUT2D eigenvalue weighted by Gasteiger charge is 2.12. The molecule has 0 amide bonds. The van der Waals surface area contributed by atoms with Crippen molar-refractivity contribution in [2.24, 2.45) is 5.92 Å². The summed E-state index contributed by atoms with van der Waals surface area (Å²) < 4.78 is 1.83. The van der Waals surface area contributed by atoms with E-state index in [1.807, 2.05) is 10.1 Å². The summed E-state index contributed by atoms with van der Waals surface area (Å²) in [4.78, 5) is 15.2. The first-order chi connectivity index (χ1) is 8.20. The van der Waals surface area contributed by atoms with E-state index < -0.39 is 0 Å². The molecule has 0 saturated carbocycles. The molecule has 0 saturated heterocycles. The van der Waals surface area contributed by atoms with Crippen LogP contribution in [0.5, 0.6) is 0 Å². The van der Waals surface area contributed by atoms with Crippen molar-refractivity contribution in [3.63, 3.8) is 0 Å². The Balaban J connectivity index is 2.24. The molecule has 0 N–H and O–H groups in total. The normalized spacial score (nSPS) is 11.0. The van der Waals surface area contributed by atoms with E-state index in [4.69, 9.17) is 0 Å². The fourth-order valence-corrected chi connectivity index (χ4v) is 2.18. The van der Waals surface area contributed by atoms with Gasteiger partial charge in [-0.3, -0.25) is 9.48 Å². The van der Waals surface area contributed by atoms with Crippen molar-refractivity contribution >= 4 is 17.6 Å². The summed E-state index contributed by atoms with van der Waals surface area (Å²) in [6.45, 7) is 5.18. The molecule has 0 spiro atoms. The predicted molar refractivity (Wildman–Crippen MR) is 68.2 cm³/mol. The quantitative estimate of drug-likeness (QED) is 0.765. The molecule has 4 nitrogen and oxygen atoms in total. The summed E-state index contributed by atoms with van der Waals surface area (Å²) in [5, 5.41) is 7.12. The van der Waals surface area contributed by atoms with Gasteiger partial charge in [0.1, 0.15) is 10.7 Å². The van der Waals surface area contributed by atoms with E-state index in [2.05, 4.69) is 23.9 Å². The van der Waals surface area contributed by atoms with Crippen molar-refractivity contribution < 1.29 is 4.79 Å². The number of thiazole rings is 1. The lowest BCUT2D eigenvalue weighted by Crippen LogP contribution is -2.01. The lowest BCUT2D eigenvalue weighted by atomic mass is 10.1. The summed E-state index contributed by atoms with van der Waals surface area (Å²) in [6.07, 6.45) is 5.42. The Morgan fingerprint density at radius 1 is 1.53 bits per heavy atom. The zero-order valence-corrected chi connectivity index (χ0v) is 10.8. The Morgan fingerprint density at radius 3 is 2.94 bits per heavy atom. The highest BCUT2D eigenvalue weighted by Crippen LogP contribution is 2.23. The Hall–Kier alpha value is -1.49. The van der Waals surface area contributed by atoms with Gasteiger partial charge < -0.3 is 0 Å². The summed E-state index contributed by atoms with van der Waals surface area (Å²) in [5.41, 5.74) is 1.31. The largest absolute Gasteiger partial charge is 0.298 e. The topological polar surface area (TPSA) is 47.8 Å². The van der Waals surface area contributed by atoms with Crippen LogP contribution in [0, 0.1) is 5.92 Å². The van der Waals surface area contributed by atoms with Crippen LogP contribution in [0.3, 0.4) is 0 Å². The van der Waals surface area contributed by atoms with Gasteiger partial charge in [-0.15, -0.1) is 11.3 Å². The van der Waals surface area contributed by atoms with Gasteiger partial charge in [-0.25, -0.2) is 4.98 Å². The molecule has 0 aliphatic rings. The van der Waals surface area contributed by atoms with Crippen LogP contribution < -0.4 is 0 Å². The number of rotatable bonds is 5. The molecule has 0 fully saturated rings. The molecule has 2 rings (SSSR count). The van der Waals surface area contributed by atoms with Crippen LogP contribution in [0.4, 0.5) is 0 Å². The third kappa shape index (κ3) is 2.79. The van der Waals surface area contributed by atoms with Crippen molar-refractivity contribution in [3.05, 3.63) is 23.3 Å². The third-order valence-electron chi connectivity index (χ3n) is 2.49. The molecule has 17 heavy (non-hydrogen) atoms. The highest BCUT2D eigenvalue weighted by molar-refractivity contribution is 7.13. The maximum Gasteiger partial charge on any atom is 0.153 e. The molecule has 5 heteroatoms. The molecule has 0 atom stereocenters. The van der Waals surface area contributed by atoms with E-state index in [-0.39, 0.29) is 0 Å². The molecule has 2 heterocycles. The lowest BCUT2D eigenvalue weighted by molar-refractivity contribution is 0.112. The highest BCUT2D eigenvalue weighted by atomic mass is 32.1. The number of carbonyl (C=O) groups excluding carboxylic acids is 1. The fraction of sp³-hybridized carbons (Fsp3) is 0.417. The molecule has 0 aliphatic carbocycles. The van der Waals surface area contributed by atoms with E-state index in [0.717, 1.165) is 24.3 Å². The number of hydrogen-bond donors (Lipinski definition) is 0.